The van der Waals surface area contributed by atoms with Gasteiger partial charge in [-0.25, -0.2) is 0 Å². The number of anilines is 1. The highest BCUT2D eigenvalue weighted by molar-refractivity contribution is 7.15. The summed E-state index contributed by atoms with van der Waals surface area (Å²) in [5, 5.41) is 30.0. The summed E-state index contributed by atoms with van der Waals surface area (Å²) in [6.07, 6.45) is 3.90. The number of piperidine rings is 1. The van der Waals surface area contributed by atoms with Crippen molar-refractivity contribution in [2.24, 2.45) is 7.05 Å². The summed E-state index contributed by atoms with van der Waals surface area (Å²) in [6, 6.07) is 0. The van der Waals surface area contributed by atoms with Crippen LogP contribution in [0.2, 0.25) is 0 Å². The Balaban J connectivity index is 1.55. The maximum atomic E-state index is 12.3. The van der Waals surface area contributed by atoms with E-state index in [1.54, 1.807) is 0 Å². The van der Waals surface area contributed by atoms with Crippen LogP contribution < -0.4 is 5.32 Å². The van der Waals surface area contributed by atoms with E-state index >= 15 is 0 Å². The molecule has 2 aromatic heterocycles. The third-order valence-electron chi connectivity index (χ3n) is 4.56. The van der Waals surface area contributed by atoms with Gasteiger partial charge in [-0.05, 0) is 25.8 Å². The summed E-state index contributed by atoms with van der Waals surface area (Å²) in [4.78, 5) is 14.5. The number of likely N-dealkylation sites (tertiary alicyclic amines) is 1. The molecule has 2 aromatic rings. The summed E-state index contributed by atoms with van der Waals surface area (Å²) < 4.78 is 1.85. The van der Waals surface area contributed by atoms with Gasteiger partial charge in [0.2, 0.25) is 11.0 Å². The van der Waals surface area contributed by atoms with Crippen LogP contribution in [-0.2, 0) is 24.9 Å². The van der Waals surface area contributed by atoms with Crippen LogP contribution >= 0.6 is 11.3 Å². The zero-order chi connectivity index (χ0) is 18.5. The van der Waals surface area contributed by atoms with Crippen molar-refractivity contribution >= 4 is 22.4 Å². The summed E-state index contributed by atoms with van der Waals surface area (Å²) in [5.41, 5.74) is 0. The number of hydrogen-bond acceptors (Lipinski definition) is 8. The second kappa shape index (κ2) is 8.65. The molecule has 2 N–H and O–H groups in total. The molecular formula is C16H25N7O2S. The molecule has 1 saturated heterocycles. The van der Waals surface area contributed by atoms with E-state index in [-0.39, 0.29) is 18.4 Å². The Hall–Kier alpha value is -1.91. The molecule has 1 fully saturated rings. The molecule has 1 unspecified atom stereocenters. The Kier molecular flexibility index (Phi) is 6.28. The lowest BCUT2D eigenvalue weighted by Crippen LogP contribution is -2.40. The molecule has 0 aromatic carbocycles. The smallest absolute Gasteiger partial charge is 0.240 e. The molecule has 0 saturated carbocycles. The Bertz CT molecular complexity index is 745. The minimum atomic E-state index is -0.121. The number of nitrogens with one attached hydrogen (secondary N) is 1. The summed E-state index contributed by atoms with van der Waals surface area (Å²) in [5.74, 6) is 1.58. The van der Waals surface area contributed by atoms with Crippen molar-refractivity contribution in [2.75, 3.05) is 25.0 Å². The van der Waals surface area contributed by atoms with E-state index in [4.69, 9.17) is 0 Å². The molecular weight excluding hydrogens is 354 g/mol. The van der Waals surface area contributed by atoms with Gasteiger partial charge in [0.15, 0.2) is 5.82 Å². The predicted octanol–water partition coefficient (Wildman–Crippen LogP) is 0.929. The molecule has 0 radical (unpaired) electrons. The zero-order valence-electron chi connectivity index (χ0n) is 15.2. The average molecular weight is 379 g/mol. The quantitative estimate of drug-likeness (QED) is 0.736. The van der Waals surface area contributed by atoms with Gasteiger partial charge >= 0.3 is 0 Å². The van der Waals surface area contributed by atoms with Crippen LogP contribution in [0.25, 0.3) is 0 Å². The molecule has 3 rings (SSSR count). The second-order valence-corrected chi connectivity index (χ2v) is 7.63. The number of aromatic nitrogens is 5. The number of carbonyl (C=O) groups excluding carboxylic acids is 1. The van der Waals surface area contributed by atoms with Gasteiger partial charge in [-0.2, -0.15) is 0 Å². The Morgan fingerprint density at radius 3 is 2.92 bits per heavy atom. The van der Waals surface area contributed by atoms with Crippen LogP contribution in [0, 0.1) is 0 Å². The van der Waals surface area contributed by atoms with E-state index in [1.807, 2.05) is 11.6 Å². The first-order valence-electron chi connectivity index (χ1n) is 8.94. The third-order valence-corrected chi connectivity index (χ3v) is 5.45. The van der Waals surface area contributed by atoms with Gasteiger partial charge in [0, 0.05) is 25.9 Å². The van der Waals surface area contributed by atoms with Gasteiger partial charge in [0.1, 0.15) is 17.4 Å². The summed E-state index contributed by atoms with van der Waals surface area (Å²) >= 11 is 1.43. The van der Waals surface area contributed by atoms with Gasteiger partial charge in [0.05, 0.1) is 6.54 Å². The lowest BCUT2D eigenvalue weighted by atomic mass is 9.97. The van der Waals surface area contributed by atoms with Crippen molar-refractivity contribution in [3.63, 3.8) is 0 Å². The molecule has 0 bridgehead atoms. The van der Waals surface area contributed by atoms with Crippen LogP contribution in [0.4, 0.5) is 5.13 Å². The van der Waals surface area contributed by atoms with Crippen LogP contribution in [0.5, 0.6) is 0 Å². The zero-order valence-corrected chi connectivity index (χ0v) is 16.0. The van der Waals surface area contributed by atoms with E-state index in [2.05, 4.69) is 37.5 Å². The maximum Gasteiger partial charge on any atom is 0.240 e. The van der Waals surface area contributed by atoms with Crippen molar-refractivity contribution in [2.45, 2.75) is 45.1 Å². The number of aliphatic hydroxyl groups is 1. The molecule has 1 aliphatic heterocycles. The van der Waals surface area contributed by atoms with Gasteiger partial charge in [-0.1, -0.05) is 18.3 Å². The topological polar surface area (TPSA) is 109 Å². The summed E-state index contributed by atoms with van der Waals surface area (Å²) in [6.45, 7) is 3.93. The van der Waals surface area contributed by atoms with E-state index in [0.717, 1.165) is 49.6 Å². The average Bonchev–Trinajstić information content (AvgIpc) is 3.21. The molecule has 1 atom stereocenters. The highest BCUT2D eigenvalue weighted by atomic mass is 32.1. The lowest BCUT2D eigenvalue weighted by Gasteiger charge is -2.31. The normalized spacial score (nSPS) is 18.2. The van der Waals surface area contributed by atoms with E-state index in [1.165, 1.54) is 11.3 Å². The molecule has 0 spiro atoms. The van der Waals surface area contributed by atoms with Crippen LogP contribution in [0.3, 0.4) is 0 Å². The van der Waals surface area contributed by atoms with Crippen LogP contribution in [-0.4, -0.2) is 60.5 Å². The maximum absolute atomic E-state index is 12.3. The Labute approximate surface area is 156 Å². The first kappa shape index (κ1) is 18.9. The predicted molar refractivity (Wildman–Crippen MR) is 97.9 cm³/mol. The SMILES string of the molecule is CCCc1nnc(NC(=O)CN2CCCC(c3nnc(CO)n3C)C2)s1. The van der Waals surface area contributed by atoms with Crippen molar-refractivity contribution in [3.8, 4) is 0 Å². The van der Waals surface area contributed by atoms with Crippen LogP contribution in [0.15, 0.2) is 0 Å². The highest BCUT2D eigenvalue weighted by Gasteiger charge is 2.27. The standard InChI is InChI=1S/C16H25N7O2S/c1-3-5-14-19-21-16(26-14)17-13(25)9-23-7-4-6-11(8-23)15-20-18-12(10-24)22(15)2/h11,24H,3-10H2,1-2H3,(H,17,21,25). The van der Waals surface area contributed by atoms with Crippen molar-refractivity contribution < 1.29 is 9.90 Å². The fraction of sp³-hybridized carbons (Fsp3) is 0.688. The number of nitrogens with zero attached hydrogens (tertiary/aromatic N) is 6. The fourth-order valence-corrected chi connectivity index (χ4v) is 4.12. The van der Waals surface area contributed by atoms with Crippen molar-refractivity contribution in [1.29, 1.82) is 0 Å². The molecule has 10 heteroatoms. The molecule has 26 heavy (non-hydrogen) atoms. The molecule has 9 nitrogen and oxygen atoms in total. The molecule has 3 heterocycles. The molecule has 1 amide bonds. The third kappa shape index (κ3) is 4.43. The first-order valence-corrected chi connectivity index (χ1v) is 9.76. The Morgan fingerprint density at radius 1 is 1.35 bits per heavy atom. The number of aryl methyl sites for hydroxylation is 1. The molecule has 1 aliphatic rings. The number of carbonyl (C=O) groups is 1. The first-order chi connectivity index (χ1) is 12.6. The lowest BCUT2D eigenvalue weighted by molar-refractivity contribution is -0.117. The summed E-state index contributed by atoms with van der Waals surface area (Å²) in [7, 11) is 1.87. The number of amides is 1. The minimum absolute atomic E-state index is 0.0705. The van der Waals surface area contributed by atoms with E-state index in [0.29, 0.717) is 17.5 Å². The number of aliphatic hydroxyl groups excluding tert-OH is 1. The van der Waals surface area contributed by atoms with E-state index in [9.17, 15) is 9.90 Å². The largest absolute Gasteiger partial charge is 0.388 e. The van der Waals surface area contributed by atoms with Gasteiger partial charge < -0.3 is 9.67 Å². The van der Waals surface area contributed by atoms with Crippen LogP contribution in [0.1, 0.15) is 48.8 Å². The minimum Gasteiger partial charge on any atom is -0.388 e. The number of rotatable bonds is 7. The van der Waals surface area contributed by atoms with Gasteiger partial charge in [0.25, 0.3) is 0 Å². The molecule has 142 valence electrons. The van der Waals surface area contributed by atoms with Crippen molar-refractivity contribution in [1.82, 2.24) is 29.9 Å². The molecule has 0 aliphatic carbocycles. The second-order valence-electron chi connectivity index (χ2n) is 6.56. The van der Waals surface area contributed by atoms with Gasteiger partial charge in [-0.15, -0.1) is 20.4 Å². The monoisotopic (exact) mass is 379 g/mol. The fourth-order valence-electron chi connectivity index (χ4n) is 3.26. The van der Waals surface area contributed by atoms with Crippen molar-refractivity contribution in [3.05, 3.63) is 16.7 Å². The number of hydrogen-bond donors (Lipinski definition) is 2. The highest BCUT2D eigenvalue weighted by Crippen LogP contribution is 2.25. The van der Waals surface area contributed by atoms with Gasteiger partial charge in [-0.3, -0.25) is 15.0 Å². The van der Waals surface area contributed by atoms with E-state index < -0.39 is 0 Å². The Morgan fingerprint density at radius 2 is 2.19 bits per heavy atom.